The molecule has 7 rings (SSSR count). The molecule has 1 aliphatic heterocycles. The third-order valence-corrected chi connectivity index (χ3v) is 21.8. The smallest absolute Gasteiger partial charge is 0.386 e. The van der Waals surface area contributed by atoms with E-state index in [4.69, 9.17) is 19.5 Å². The van der Waals surface area contributed by atoms with Crippen LogP contribution in [0.2, 0.25) is 0 Å². The summed E-state index contributed by atoms with van der Waals surface area (Å²) in [5.41, 5.74) is 5.14. The number of phosphoric acid groups is 3. The van der Waals surface area contributed by atoms with E-state index < -0.39 is 90.5 Å². The number of nitrogens with one attached hydrogen (secondary N) is 2. The molecule has 0 bridgehead atoms. The van der Waals surface area contributed by atoms with Crippen LogP contribution in [0.15, 0.2) is 12.7 Å². The molecule has 2 aromatic heterocycles. The number of nitrogens with two attached hydrogens (primary N) is 1. The zero-order valence-corrected chi connectivity index (χ0v) is 47.8. The van der Waals surface area contributed by atoms with Crippen LogP contribution in [0.3, 0.4) is 0 Å². The SMILES string of the molecule is C[C@H](CCCC(C=O)C(=O)SCCNC(=O)CCNC(=O)[C@H](O)C(C)(C)COP(=O)(O)OP(=O)(O)OC[C@H]1O[C@@H](n2cnc3c(N)ncnc32)[C@H](O)[C@@H]1OP(=O)(O)O)[C@H]1CC[C@H]2[C@@H]3CCC4CCCC[C@]4(C)[C@H]3CC[C@]12C. The van der Waals surface area contributed by atoms with Crippen LogP contribution < -0.4 is 16.4 Å². The summed E-state index contributed by atoms with van der Waals surface area (Å²) in [6.45, 7) is 7.94. The van der Waals surface area contributed by atoms with Crippen molar-refractivity contribution in [2.45, 2.75) is 155 Å². The van der Waals surface area contributed by atoms with E-state index in [0.717, 1.165) is 71.8 Å². The Hall–Kier alpha value is -2.77. The van der Waals surface area contributed by atoms with Crippen LogP contribution in [0, 0.1) is 57.7 Å². The van der Waals surface area contributed by atoms with E-state index in [2.05, 4.69) is 55.2 Å². The highest BCUT2D eigenvalue weighted by atomic mass is 32.2. The molecule has 2 amide bonds. The number of ether oxygens (including phenoxy) is 1. The van der Waals surface area contributed by atoms with Gasteiger partial charge in [0.15, 0.2) is 22.8 Å². The molecule has 0 spiro atoms. The molecule has 0 aromatic carbocycles. The summed E-state index contributed by atoms with van der Waals surface area (Å²) in [6, 6.07) is 0. The number of hydrogen-bond acceptors (Lipinski definition) is 19. The number of fused-ring (bicyclic) bond motifs is 6. The number of thioether (sulfide) groups is 1. The van der Waals surface area contributed by atoms with Crippen LogP contribution >= 0.6 is 35.2 Å². The Balaban J connectivity index is 0.770. The van der Waals surface area contributed by atoms with Gasteiger partial charge in [0.25, 0.3) is 0 Å². The van der Waals surface area contributed by atoms with Crippen LogP contribution in [0.1, 0.15) is 131 Å². The van der Waals surface area contributed by atoms with Gasteiger partial charge in [-0.05, 0) is 104 Å². The van der Waals surface area contributed by atoms with Gasteiger partial charge in [0, 0.05) is 30.7 Å². The van der Waals surface area contributed by atoms with Crippen molar-refractivity contribution in [3.8, 4) is 0 Å². The predicted octanol–water partition coefficient (Wildman–Crippen LogP) is 5.34. The topological polar surface area (TPSA) is 381 Å². The van der Waals surface area contributed by atoms with Gasteiger partial charge in [-0.25, -0.2) is 28.6 Å². The van der Waals surface area contributed by atoms with Crippen molar-refractivity contribution in [2.75, 3.05) is 37.8 Å². The number of aliphatic hydroxyl groups excluding tert-OH is 2. The Morgan fingerprint density at radius 3 is 2.40 bits per heavy atom. The zero-order valence-electron chi connectivity index (χ0n) is 44.3. The van der Waals surface area contributed by atoms with Crippen molar-refractivity contribution >= 4 is 75.4 Å². The minimum atomic E-state index is -5.60. The van der Waals surface area contributed by atoms with E-state index in [1.54, 1.807) is 0 Å². The zero-order chi connectivity index (χ0) is 56.3. The van der Waals surface area contributed by atoms with Gasteiger partial charge in [-0.1, -0.05) is 72.1 Å². The number of aliphatic hydroxyl groups is 2. The maximum absolute atomic E-state index is 13.0. The molecular formula is C48H78N7O18P3S. The number of phosphoric ester groups is 3. The van der Waals surface area contributed by atoms with Crippen LogP contribution in [0.25, 0.3) is 11.2 Å². The van der Waals surface area contributed by atoms with Crippen molar-refractivity contribution in [1.29, 1.82) is 0 Å². The lowest BCUT2D eigenvalue weighted by atomic mass is 9.44. The van der Waals surface area contributed by atoms with Crippen LogP contribution in [-0.2, 0) is 55.5 Å². The Kier molecular flexibility index (Phi) is 20.2. The van der Waals surface area contributed by atoms with Gasteiger partial charge >= 0.3 is 23.5 Å². The van der Waals surface area contributed by atoms with Gasteiger partial charge in [0.1, 0.15) is 42.5 Å². The van der Waals surface area contributed by atoms with Gasteiger partial charge in [-0.15, -0.1) is 0 Å². The number of hydrogen-bond donors (Lipinski definition) is 9. The normalized spacial score (nSPS) is 32.2. The quantitative estimate of drug-likeness (QED) is 0.0248. The summed E-state index contributed by atoms with van der Waals surface area (Å²) in [4.78, 5) is 102. The highest BCUT2D eigenvalue weighted by Gasteiger charge is 2.60. The minimum Gasteiger partial charge on any atom is -0.386 e. The number of imidazole rings is 1. The average molecular weight is 1170 g/mol. The first kappa shape index (κ1) is 61.8. The third kappa shape index (κ3) is 14.7. The number of aldehydes is 1. The molecular weight excluding hydrogens is 1090 g/mol. The third-order valence-electron chi connectivity index (χ3n) is 17.7. The first-order valence-corrected chi connectivity index (χ1v) is 32.1. The van der Waals surface area contributed by atoms with Gasteiger partial charge in [0.05, 0.1) is 25.5 Å². The molecule has 25 nitrogen and oxygen atoms in total. The molecule has 5 fully saturated rings. The van der Waals surface area contributed by atoms with Crippen molar-refractivity contribution in [1.82, 2.24) is 30.2 Å². The minimum absolute atomic E-state index is 0.0281. The fourth-order valence-corrected chi connectivity index (χ4v) is 17.4. The molecule has 3 heterocycles. The predicted molar refractivity (Wildman–Crippen MR) is 280 cm³/mol. The fraction of sp³-hybridized carbons (Fsp3) is 0.812. The highest BCUT2D eigenvalue weighted by Crippen LogP contribution is 2.68. The van der Waals surface area contributed by atoms with Crippen molar-refractivity contribution in [3.05, 3.63) is 12.7 Å². The molecule has 16 atom stereocenters. The Bertz CT molecular complexity index is 2580. The second-order valence-electron chi connectivity index (χ2n) is 23.0. The summed E-state index contributed by atoms with van der Waals surface area (Å²) in [6.07, 6.45) is 9.63. The molecule has 10 N–H and O–H groups in total. The molecule has 434 valence electrons. The molecule has 77 heavy (non-hydrogen) atoms. The molecule has 2 aromatic rings. The summed E-state index contributed by atoms with van der Waals surface area (Å²) in [5, 5.41) is 26.5. The van der Waals surface area contributed by atoms with E-state index in [1.165, 1.54) is 78.1 Å². The standard InChI is InChI=1S/C48H78N7O18P3S/c1-28(32-14-15-33-31-13-12-30-11-6-7-18-47(30,4)34(31)16-19-48(32,33)5)9-8-10-29(23-56)45(61)77-22-21-50-36(57)17-20-51-43(60)40(59)46(2,3)25-70-76(67,68)73-75(65,66)69-24-35-39(72-74(62,63)64)38(58)44(71-35)55-27-54-37-41(49)52-26-53-42(37)55/h23,26-35,38-40,44,58-59H,6-22,24-25H2,1-5H3,(H,50,57)(H,51,60)(H,65,66)(H,67,68)(H2,49,52,53)(H2,62,63,64)/t28-,29?,30?,31+,32-,33+,34+,35-,38-,39-,40+,44-,47+,48-/m1/s1. The van der Waals surface area contributed by atoms with Gasteiger partial charge in [-0.3, -0.25) is 32.5 Å². The summed E-state index contributed by atoms with van der Waals surface area (Å²) in [7, 11) is -16.5. The molecule has 5 aliphatic rings. The summed E-state index contributed by atoms with van der Waals surface area (Å²) < 4.78 is 62.8. The average Bonchev–Trinajstić information content (AvgIpc) is 4.05. The highest BCUT2D eigenvalue weighted by molar-refractivity contribution is 8.13. The second-order valence-corrected chi connectivity index (χ2v) is 28.4. The first-order valence-electron chi connectivity index (χ1n) is 26.6. The molecule has 0 radical (unpaired) electrons. The van der Waals surface area contributed by atoms with Crippen LogP contribution in [0.5, 0.6) is 0 Å². The lowest BCUT2D eigenvalue weighted by Crippen LogP contribution is -2.53. The van der Waals surface area contributed by atoms with E-state index in [0.29, 0.717) is 29.1 Å². The number of anilines is 1. The lowest BCUT2D eigenvalue weighted by Gasteiger charge is -2.61. The first-order chi connectivity index (χ1) is 36.1. The van der Waals surface area contributed by atoms with Gasteiger partial charge in [-0.2, -0.15) is 4.31 Å². The molecule has 4 aliphatic carbocycles. The molecule has 29 heteroatoms. The number of carbonyl (C=O) groups excluding carboxylic acids is 4. The van der Waals surface area contributed by atoms with E-state index in [9.17, 15) is 62.7 Å². The maximum atomic E-state index is 13.0. The monoisotopic (exact) mass is 1170 g/mol. The van der Waals surface area contributed by atoms with E-state index in [-0.39, 0.29) is 47.4 Å². The largest absolute Gasteiger partial charge is 0.481 e. The number of amides is 2. The fourth-order valence-electron chi connectivity index (χ4n) is 13.8. The van der Waals surface area contributed by atoms with Crippen molar-refractivity contribution in [3.63, 3.8) is 0 Å². The molecule has 4 saturated carbocycles. The van der Waals surface area contributed by atoms with E-state index in [1.807, 2.05) is 0 Å². The number of nitrogens with zero attached hydrogens (tertiary/aromatic N) is 4. The Morgan fingerprint density at radius 1 is 0.948 bits per heavy atom. The van der Waals surface area contributed by atoms with Crippen LogP contribution in [-0.4, -0.2) is 129 Å². The van der Waals surface area contributed by atoms with E-state index >= 15 is 0 Å². The Labute approximate surface area is 452 Å². The maximum Gasteiger partial charge on any atom is 0.481 e. The second kappa shape index (κ2) is 25.2. The van der Waals surface area contributed by atoms with Gasteiger partial charge in [0.2, 0.25) is 11.8 Å². The lowest BCUT2D eigenvalue weighted by molar-refractivity contribution is -0.137. The molecule has 4 unspecified atom stereocenters. The van der Waals surface area contributed by atoms with Crippen molar-refractivity contribution in [2.24, 2.45) is 57.7 Å². The number of nitrogen functional groups attached to an aromatic ring is 1. The van der Waals surface area contributed by atoms with Crippen LogP contribution in [0.4, 0.5) is 5.82 Å². The molecule has 1 saturated heterocycles. The number of rotatable bonds is 26. The Morgan fingerprint density at radius 2 is 1.68 bits per heavy atom. The number of aromatic nitrogens is 4. The van der Waals surface area contributed by atoms with Gasteiger partial charge < -0.3 is 55.7 Å². The van der Waals surface area contributed by atoms with Crippen molar-refractivity contribution < 1.29 is 85.3 Å². The summed E-state index contributed by atoms with van der Waals surface area (Å²) >= 11 is 0.988. The summed E-state index contributed by atoms with van der Waals surface area (Å²) in [5.74, 6) is 2.60. The number of carbonyl (C=O) groups is 4.